The van der Waals surface area contributed by atoms with Gasteiger partial charge in [0, 0.05) is 30.8 Å². The number of nitro benzene ring substituents is 1. The van der Waals surface area contributed by atoms with Crippen LogP contribution in [0.4, 0.5) is 5.69 Å². The first kappa shape index (κ1) is 16.4. The number of methoxy groups -OCH3 is 1. The van der Waals surface area contributed by atoms with Crippen molar-refractivity contribution < 1.29 is 14.5 Å². The molecule has 0 aliphatic carbocycles. The lowest BCUT2D eigenvalue weighted by Crippen LogP contribution is -2.53. The summed E-state index contributed by atoms with van der Waals surface area (Å²) in [5, 5.41) is 17.2. The van der Waals surface area contributed by atoms with Gasteiger partial charge in [-0.3, -0.25) is 14.9 Å². The van der Waals surface area contributed by atoms with Gasteiger partial charge in [-0.25, -0.2) is 0 Å². The molecule has 7 nitrogen and oxygen atoms in total. The average Bonchev–Trinajstić information content (AvgIpc) is 2.94. The van der Waals surface area contributed by atoms with Gasteiger partial charge >= 0.3 is 0 Å². The van der Waals surface area contributed by atoms with Crippen LogP contribution in [0.15, 0.2) is 18.2 Å². The van der Waals surface area contributed by atoms with Crippen molar-refractivity contribution in [2.24, 2.45) is 0 Å². The standard InChI is InChI=1S/C15H21N3O4/c1-11-4-5-12(8-13(11)18(20)21)14(19)16-9-15(10-22-2)6-3-7-17-15/h4-5,8,17H,3,6-7,9-10H2,1-2H3,(H,16,19). The molecule has 1 unspecified atom stereocenters. The first-order chi connectivity index (χ1) is 10.5. The maximum atomic E-state index is 12.2. The lowest BCUT2D eigenvalue weighted by Gasteiger charge is -2.28. The number of nitro groups is 1. The highest BCUT2D eigenvalue weighted by Gasteiger charge is 2.33. The Morgan fingerprint density at radius 2 is 2.32 bits per heavy atom. The Balaban J connectivity index is 2.06. The number of rotatable bonds is 6. The minimum Gasteiger partial charge on any atom is -0.383 e. The molecule has 1 fully saturated rings. The molecule has 0 radical (unpaired) electrons. The number of hydrogen-bond donors (Lipinski definition) is 2. The van der Waals surface area contributed by atoms with E-state index in [9.17, 15) is 14.9 Å². The molecule has 0 aromatic heterocycles. The van der Waals surface area contributed by atoms with Gasteiger partial charge in [0.25, 0.3) is 11.6 Å². The lowest BCUT2D eigenvalue weighted by molar-refractivity contribution is -0.385. The van der Waals surface area contributed by atoms with Gasteiger partial charge < -0.3 is 15.4 Å². The number of carbonyl (C=O) groups excluding carboxylic acids is 1. The largest absolute Gasteiger partial charge is 0.383 e. The molecule has 2 N–H and O–H groups in total. The third-order valence-electron chi connectivity index (χ3n) is 4.01. The van der Waals surface area contributed by atoms with Crippen molar-refractivity contribution >= 4 is 11.6 Å². The molecule has 1 atom stereocenters. The highest BCUT2D eigenvalue weighted by molar-refractivity contribution is 5.95. The summed E-state index contributed by atoms with van der Waals surface area (Å²) in [6, 6.07) is 4.50. The fourth-order valence-corrected chi connectivity index (χ4v) is 2.77. The van der Waals surface area contributed by atoms with Crippen LogP contribution < -0.4 is 10.6 Å². The van der Waals surface area contributed by atoms with E-state index in [2.05, 4.69) is 10.6 Å². The Morgan fingerprint density at radius 3 is 2.91 bits per heavy atom. The Morgan fingerprint density at radius 1 is 1.55 bits per heavy atom. The predicted molar refractivity (Wildman–Crippen MR) is 82.0 cm³/mol. The fourth-order valence-electron chi connectivity index (χ4n) is 2.77. The summed E-state index contributed by atoms with van der Waals surface area (Å²) in [5.41, 5.74) is 0.539. The van der Waals surface area contributed by atoms with Crippen molar-refractivity contribution in [2.45, 2.75) is 25.3 Å². The van der Waals surface area contributed by atoms with Crippen molar-refractivity contribution in [2.75, 3.05) is 26.8 Å². The summed E-state index contributed by atoms with van der Waals surface area (Å²) in [5.74, 6) is -0.313. The van der Waals surface area contributed by atoms with E-state index in [1.54, 1.807) is 26.2 Å². The molecule has 120 valence electrons. The van der Waals surface area contributed by atoms with Gasteiger partial charge in [0.2, 0.25) is 0 Å². The zero-order valence-electron chi connectivity index (χ0n) is 12.8. The van der Waals surface area contributed by atoms with E-state index in [1.165, 1.54) is 6.07 Å². The SMILES string of the molecule is COCC1(CNC(=O)c2ccc(C)c([N+](=O)[O-])c2)CCCN1. The molecule has 0 bridgehead atoms. The van der Waals surface area contributed by atoms with Crippen LogP contribution in [0.5, 0.6) is 0 Å². The fraction of sp³-hybridized carbons (Fsp3) is 0.533. The van der Waals surface area contributed by atoms with Crippen molar-refractivity contribution in [1.29, 1.82) is 0 Å². The van der Waals surface area contributed by atoms with Gasteiger partial charge in [0.15, 0.2) is 0 Å². The van der Waals surface area contributed by atoms with Crippen LogP contribution in [0.25, 0.3) is 0 Å². The second-order valence-electron chi connectivity index (χ2n) is 5.68. The number of ether oxygens (including phenoxy) is 1. The van der Waals surface area contributed by atoms with Gasteiger partial charge in [0.1, 0.15) is 0 Å². The second kappa shape index (κ2) is 6.85. The third kappa shape index (κ3) is 3.61. The Kier molecular flexibility index (Phi) is 5.10. The summed E-state index contributed by atoms with van der Waals surface area (Å²) in [6.45, 7) is 3.49. The normalized spacial score (nSPS) is 20.8. The van der Waals surface area contributed by atoms with E-state index in [4.69, 9.17) is 4.74 Å². The van der Waals surface area contributed by atoms with Crippen LogP contribution in [0.3, 0.4) is 0 Å². The van der Waals surface area contributed by atoms with E-state index < -0.39 is 4.92 Å². The van der Waals surface area contributed by atoms with Gasteiger partial charge in [-0.1, -0.05) is 6.07 Å². The summed E-state index contributed by atoms with van der Waals surface area (Å²) >= 11 is 0. The van der Waals surface area contributed by atoms with E-state index >= 15 is 0 Å². The molecule has 1 aromatic carbocycles. The topological polar surface area (TPSA) is 93.5 Å². The minimum atomic E-state index is -0.475. The summed E-state index contributed by atoms with van der Waals surface area (Å²) in [4.78, 5) is 22.7. The zero-order valence-corrected chi connectivity index (χ0v) is 12.8. The van der Waals surface area contributed by atoms with Crippen molar-refractivity contribution in [3.63, 3.8) is 0 Å². The highest BCUT2D eigenvalue weighted by Crippen LogP contribution is 2.21. The van der Waals surface area contributed by atoms with Crippen LogP contribution in [0.2, 0.25) is 0 Å². The third-order valence-corrected chi connectivity index (χ3v) is 4.01. The maximum Gasteiger partial charge on any atom is 0.273 e. The molecular formula is C15H21N3O4. The number of carbonyl (C=O) groups is 1. The molecule has 1 heterocycles. The van der Waals surface area contributed by atoms with Crippen molar-refractivity contribution in [3.05, 3.63) is 39.4 Å². The molecule has 22 heavy (non-hydrogen) atoms. The van der Waals surface area contributed by atoms with Gasteiger partial charge in [-0.05, 0) is 32.4 Å². The molecule has 7 heteroatoms. The molecule has 1 amide bonds. The Labute approximate surface area is 129 Å². The van der Waals surface area contributed by atoms with Crippen molar-refractivity contribution in [1.82, 2.24) is 10.6 Å². The zero-order chi connectivity index (χ0) is 16.2. The predicted octanol–water partition coefficient (Wildman–Crippen LogP) is 1.40. The van der Waals surface area contributed by atoms with Gasteiger partial charge in [-0.2, -0.15) is 0 Å². The van der Waals surface area contributed by atoms with Crippen LogP contribution in [-0.4, -0.2) is 43.2 Å². The first-order valence-electron chi connectivity index (χ1n) is 7.25. The summed E-state index contributed by atoms with van der Waals surface area (Å²) in [7, 11) is 1.63. The number of nitrogens with one attached hydrogen (secondary N) is 2. The number of aryl methyl sites for hydroxylation is 1. The quantitative estimate of drug-likeness (QED) is 0.612. The number of amides is 1. The number of nitrogens with zero attached hydrogens (tertiary/aromatic N) is 1. The average molecular weight is 307 g/mol. The van der Waals surface area contributed by atoms with Crippen LogP contribution in [0, 0.1) is 17.0 Å². The molecule has 1 aliphatic heterocycles. The molecule has 0 saturated carbocycles. The van der Waals surface area contributed by atoms with Gasteiger partial charge in [-0.15, -0.1) is 0 Å². The van der Waals surface area contributed by atoms with E-state index in [1.807, 2.05) is 0 Å². The first-order valence-corrected chi connectivity index (χ1v) is 7.25. The Bertz CT molecular complexity index is 568. The van der Waals surface area contributed by atoms with E-state index in [-0.39, 0.29) is 17.1 Å². The monoisotopic (exact) mass is 307 g/mol. The van der Waals surface area contributed by atoms with Crippen LogP contribution in [0.1, 0.15) is 28.8 Å². The van der Waals surface area contributed by atoms with E-state index in [0.717, 1.165) is 19.4 Å². The molecular weight excluding hydrogens is 286 g/mol. The summed E-state index contributed by atoms with van der Waals surface area (Å²) < 4.78 is 5.23. The number of hydrogen-bond acceptors (Lipinski definition) is 5. The lowest BCUT2D eigenvalue weighted by atomic mass is 9.98. The van der Waals surface area contributed by atoms with Crippen LogP contribution >= 0.6 is 0 Å². The number of benzene rings is 1. The van der Waals surface area contributed by atoms with Crippen LogP contribution in [-0.2, 0) is 4.74 Å². The van der Waals surface area contributed by atoms with Gasteiger partial charge in [0.05, 0.1) is 17.1 Å². The molecule has 2 rings (SSSR count). The smallest absolute Gasteiger partial charge is 0.273 e. The molecule has 1 saturated heterocycles. The molecule has 1 aromatic rings. The van der Waals surface area contributed by atoms with Crippen molar-refractivity contribution in [3.8, 4) is 0 Å². The second-order valence-corrected chi connectivity index (χ2v) is 5.68. The Hall–Kier alpha value is -1.99. The summed E-state index contributed by atoms with van der Waals surface area (Å²) in [6.07, 6.45) is 1.96. The molecule has 1 aliphatic rings. The maximum absolute atomic E-state index is 12.2. The van der Waals surface area contributed by atoms with E-state index in [0.29, 0.717) is 24.3 Å². The minimum absolute atomic E-state index is 0.0433. The molecule has 0 spiro atoms. The highest BCUT2D eigenvalue weighted by atomic mass is 16.6.